The highest BCUT2D eigenvalue weighted by molar-refractivity contribution is 5.94. The number of carbonyl (C=O) groups is 2. The number of rotatable bonds is 5. The van der Waals surface area contributed by atoms with Crippen LogP contribution in [0.1, 0.15) is 49.5 Å². The van der Waals surface area contributed by atoms with E-state index in [-0.39, 0.29) is 23.7 Å². The van der Waals surface area contributed by atoms with E-state index in [4.69, 9.17) is 5.73 Å². The van der Waals surface area contributed by atoms with E-state index < -0.39 is 5.54 Å². The van der Waals surface area contributed by atoms with Gasteiger partial charge in [-0.3, -0.25) is 9.59 Å². The fourth-order valence-corrected chi connectivity index (χ4v) is 3.07. The molecule has 2 atom stereocenters. The van der Waals surface area contributed by atoms with E-state index in [1.807, 2.05) is 38.1 Å². The lowest BCUT2D eigenvalue weighted by Crippen LogP contribution is -2.58. The van der Waals surface area contributed by atoms with Crippen molar-refractivity contribution >= 4 is 11.8 Å². The molecule has 0 aliphatic carbocycles. The van der Waals surface area contributed by atoms with Gasteiger partial charge < -0.3 is 16.0 Å². The van der Waals surface area contributed by atoms with E-state index in [0.29, 0.717) is 25.2 Å². The summed E-state index contributed by atoms with van der Waals surface area (Å²) in [5, 5.41) is 3.12. The first-order valence-corrected chi connectivity index (χ1v) is 9.15. The Morgan fingerprint density at radius 1 is 1.32 bits per heavy atom. The molecule has 1 fully saturated rings. The second kappa shape index (κ2) is 8.00. The van der Waals surface area contributed by atoms with Crippen molar-refractivity contribution in [3.8, 4) is 0 Å². The van der Waals surface area contributed by atoms with E-state index in [2.05, 4.69) is 19.2 Å². The molecule has 1 aliphatic rings. The number of benzene rings is 1. The van der Waals surface area contributed by atoms with Crippen LogP contribution in [-0.4, -0.2) is 41.9 Å². The van der Waals surface area contributed by atoms with Gasteiger partial charge in [0.2, 0.25) is 5.91 Å². The van der Waals surface area contributed by atoms with Gasteiger partial charge in [-0.05, 0) is 44.7 Å². The summed E-state index contributed by atoms with van der Waals surface area (Å²) < 4.78 is 0. The first kappa shape index (κ1) is 19.4. The normalized spacial score (nSPS) is 20.2. The number of likely N-dealkylation sites (tertiary alicyclic amines) is 1. The molecule has 1 saturated heterocycles. The standard InChI is InChI=1S/C20H31N3O2/c1-14(2)20(4,13-21)22-18(24)17-6-5-11-23(12-17)19(25)16-9-7-15(3)8-10-16/h7-10,14,17H,5-6,11-13,21H2,1-4H3,(H,22,24). The molecule has 1 heterocycles. The summed E-state index contributed by atoms with van der Waals surface area (Å²) in [5.41, 5.74) is 7.26. The van der Waals surface area contributed by atoms with Crippen LogP contribution in [0.3, 0.4) is 0 Å². The van der Waals surface area contributed by atoms with Gasteiger partial charge in [0.15, 0.2) is 0 Å². The van der Waals surface area contributed by atoms with Gasteiger partial charge in [-0.25, -0.2) is 0 Å². The smallest absolute Gasteiger partial charge is 0.253 e. The third-order valence-corrected chi connectivity index (χ3v) is 5.48. The quantitative estimate of drug-likeness (QED) is 0.860. The Bertz CT molecular complexity index is 612. The molecule has 3 N–H and O–H groups in total. The molecule has 0 aromatic heterocycles. The Kier molecular flexibility index (Phi) is 6.22. The monoisotopic (exact) mass is 345 g/mol. The average molecular weight is 345 g/mol. The first-order chi connectivity index (χ1) is 11.8. The highest BCUT2D eigenvalue weighted by atomic mass is 16.2. The molecule has 0 radical (unpaired) electrons. The predicted molar refractivity (Wildman–Crippen MR) is 100 cm³/mol. The highest BCUT2D eigenvalue weighted by Crippen LogP contribution is 2.22. The minimum atomic E-state index is -0.416. The molecule has 0 saturated carbocycles. The van der Waals surface area contributed by atoms with Crippen LogP contribution in [-0.2, 0) is 4.79 Å². The maximum absolute atomic E-state index is 12.7. The minimum absolute atomic E-state index is 0.00273. The Hall–Kier alpha value is -1.88. The van der Waals surface area contributed by atoms with E-state index in [0.717, 1.165) is 18.4 Å². The van der Waals surface area contributed by atoms with Crippen LogP contribution in [0.2, 0.25) is 0 Å². The first-order valence-electron chi connectivity index (χ1n) is 9.15. The van der Waals surface area contributed by atoms with Crippen molar-refractivity contribution in [2.75, 3.05) is 19.6 Å². The third kappa shape index (κ3) is 4.60. The van der Waals surface area contributed by atoms with Crippen molar-refractivity contribution in [2.45, 2.75) is 46.1 Å². The minimum Gasteiger partial charge on any atom is -0.349 e. The van der Waals surface area contributed by atoms with Crippen LogP contribution in [0.4, 0.5) is 0 Å². The van der Waals surface area contributed by atoms with Crippen molar-refractivity contribution in [2.24, 2.45) is 17.6 Å². The van der Waals surface area contributed by atoms with Crippen LogP contribution < -0.4 is 11.1 Å². The van der Waals surface area contributed by atoms with Crippen molar-refractivity contribution in [1.29, 1.82) is 0 Å². The fraction of sp³-hybridized carbons (Fsp3) is 0.600. The topological polar surface area (TPSA) is 75.4 Å². The molecule has 2 unspecified atom stereocenters. The fourth-order valence-electron chi connectivity index (χ4n) is 3.07. The summed E-state index contributed by atoms with van der Waals surface area (Å²) in [4.78, 5) is 27.2. The number of nitrogens with two attached hydrogens (primary N) is 1. The maximum Gasteiger partial charge on any atom is 0.253 e. The lowest BCUT2D eigenvalue weighted by Gasteiger charge is -2.37. The number of hydrogen-bond acceptors (Lipinski definition) is 3. The molecule has 0 bridgehead atoms. The van der Waals surface area contributed by atoms with E-state index >= 15 is 0 Å². The molecule has 2 amide bonds. The molecule has 25 heavy (non-hydrogen) atoms. The van der Waals surface area contributed by atoms with Gasteiger partial charge in [0, 0.05) is 25.2 Å². The van der Waals surface area contributed by atoms with Crippen molar-refractivity contribution < 1.29 is 9.59 Å². The lowest BCUT2D eigenvalue weighted by atomic mass is 9.87. The summed E-state index contributed by atoms with van der Waals surface area (Å²) in [6, 6.07) is 7.59. The summed E-state index contributed by atoms with van der Waals surface area (Å²) in [6.07, 6.45) is 1.65. The largest absolute Gasteiger partial charge is 0.349 e. The SMILES string of the molecule is Cc1ccc(C(=O)N2CCCC(C(=O)NC(C)(CN)C(C)C)C2)cc1. The Morgan fingerprint density at radius 3 is 2.52 bits per heavy atom. The predicted octanol–water partition coefficient (Wildman–Crippen LogP) is 2.34. The van der Waals surface area contributed by atoms with Crippen LogP contribution in [0.15, 0.2) is 24.3 Å². The van der Waals surface area contributed by atoms with Gasteiger partial charge in [-0.2, -0.15) is 0 Å². The zero-order chi connectivity index (χ0) is 18.6. The van der Waals surface area contributed by atoms with Crippen molar-refractivity contribution in [3.05, 3.63) is 35.4 Å². The number of carbonyl (C=O) groups excluding carboxylic acids is 2. The Morgan fingerprint density at radius 2 is 1.96 bits per heavy atom. The van der Waals surface area contributed by atoms with Gasteiger partial charge in [0.1, 0.15) is 0 Å². The number of nitrogens with zero attached hydrogens (tertiary/aromatic N) is 1. The maximum atomic E-state index is 12.7. The second-order valence-electron chi connectivity index (χ2n) is 7.72. The second-order valence-corrected chi connectivity index (χ2v) is 7.72. The molecule has 2 rings (SSSR count). The molecule has 5 nitrogen and oxygen atoms in total. The van der Waals surface area contributed by atoms with Gasteiger partial charge in [-0.15, -0.1) is 0 Å². The van der Waals surface area contributed by atoms with Crippen molar-refractivity contribution in [1.82, 2.24) is 10.2 Å². The molecule has 1 aromatic rings. The zero-order valence-corrected chi connectivity index (χ0v) is 15.8. The molecule has 1 aromatic carbocycles. The van der Waals surface area contributed by atoms with Crippen LogP contribution in [0, 0.1) is 18.8 Å². The summed E-state index contributed by atoms with van der Waals surface area (Å²) >= 11 is 0. The lowest BCUT2D eigenvalue weighted by molar-refractivity contribution is -0.128. The molecule has 1 aliphatic heterocycles. The van der Waals surface area contributed by atoms with Gasteiger partial charge in [0.25, 0.3) is 5.91 Å². The Balaban J connectivity index is 2.03. The molecule has 5 heteroatoms. The van der Waals surface area contributed by atoms with E-state index in [9.17, 15) is 9.59 Å². The molecular formula is C20H31N3O2. The van der Waals surface area contributed by atoms with Crippen LogP contribution >= 0.6 is 0 Å². The highest BCUT2D eigenvalue weighted by Gasteiger charge is 2.34. The summed E-state index contributed by atoms with van der Waals surface area (Å²) in [6.45, 7) is 9.66. The third-order valence-electron chi connectivity index (χ3n) is 5.48. The number of aryl methyl sites for hydroxylation is 1. The number of piperidine rings is 1. The molecular weight excluding hydrogens is 314 g/mol. The number of hydrogen-bond donors (Lipinski definition) is 2. The van der Waals surface area contributed by atoms with E-state index in [1.54, 1.807) is 4.90 Å². The van der Waals surface area contributed by atoms with E-state index in [1.165, 1.54) is 0 Å². The number of nitrogens with one attached hydrogen (secondary N) is 1. The van der Waals surface area contributed by atoms with Crippen LogP contribution in [0.5, 0.6) is 0 Å². The Labute approximate surface area is 151 Å². The van der Waals surface area contributed by atoms with Crippen LogP contribution in [0.25, 0.3) is 0 Å². The molecule has 138 valence electrons. The van der Waals surface area contributed by atoms with Gasteiger partial charge in [0.05, 0.1) is 11.5 Å². The average Bonchev–Trinajstić information content (AvgIpc) is 2.61. The van der Waals surface area contributed by atoms with Gasteiger partial charge in [-0.1, -0.05) is 31.5 Å². The molecule has 0 spiro atoms. The zero-order valence-electron chi connectivity index (χ0n) is 15.8. The van der Waals surface area contributed by atoms with Gasteiger partial charge >= 0.3 is 0 Å². The van der Waals surface area contributed by atoms with Crippen molar-refractivity contribution in [3.63, 3.8) is 0 Å². The summed E-state index contributed by atoms with van der Waals surface area (Å²) in [7, 11) is 0. The number of amides is 2. The summed E-state index contributed by atoms with van der Waals surface area (Å²) in [5.74, 6) is 0.0779.